The Labute approximate surface area is 158 Å². The van der Waals surface area contributed by atoms with Gasteiger partial charge in [0.25, 0.3) is 0 Å². The number of nitrogens with one attached hydrogen (secondary N) is 1. The van der Waals surface area contributed by atoms with E-state index in [0.29, 0.717) is 18.1 Å². The normalized spacial score (nSPS) is 12.3. The van der Waals surface area contributed by atoms with Crippen molar-refractivity contribution in [3.63, 3.8) is 0 Å². The number of aliphatic hydroxyl groups excluding tert-OH is 1. The first-order chi connectivity index (χ1) is 12.7. The molecule has 3 rings (SSSR count). The van der Waals surface area contributed by atoms with Crippen LogP contribution in [0.25, 0.3) is 11.3 Å². The predicted octanol–water partition coefficient (Wildman–Crippen LogP) is 3.51. The van der Waals surface area contributed by atoms with Crippen molar-refractivity contribution in [2.45, 2.75) is 32.5 Å². The van der Waals surface area contributed by atoms with E-state index in [4.69, 9.17) is 16.7 Å². The van der Waals surface area contributed by atoms with Gasteiger partial charge in [0.05, 0.1) is 13.2 Å². The number of halogens is 1. The van der Waals surface area contributed by atoms with Crippen LogP contribution in [0, 0.1) is 0 Å². The predicted molar refractivity (Wildman–Crippen MR) is 104 cm³/mol. The van der Waals surface area contributed by atoms with Gasteiger partial charge in [0.1, 0.15) is 11.4 Å². The molecule has 0 amide bonds. The topological polar surface area (TPSA) is 63.0 Å². The summed E-state index contributed by atoms with van der Waals surface area (Å²) in [6.07, 6.45) is 0.855. The Morgan fingerprint density at radius 3 is 2.62 bits per heavy atom. The van der Waals surface area contributed by atoms with Crippen LogP contribution in [-0.2, 0) is 13.1 Å². The smallest absolute Gasteiger partial charge is 0.117 e. The average molecular weight is 371 g/mol. The van der Waals surface area contributed by atoms with Crippen molar-refractivity contribution in [2.24, 2.45) is 0 Å². The second-order valence-corrected chi connectivity index (χ2v) is 6.63. The molecule has 0 aliphatic rings. The zero-order valence-electron chi connectivity index (χ0n) is 14.8. The maximum Gasteiger partial charge on any atom is 0.117 e. The Morgan fingerprint density at radius 1 is 1.12 bits per heavy atom. The summed E-state index contributed by atoms with van der Waals surface area (Å²) in [7, 11) is 0. The van der Waals surface area contributed by atoms with Crippen molar-refractivity contribution in [3.8, 4) is 11.3 Å². The summed E-state index contributed by atoms with van der Waals surface area (Å²) >= 11 is 6.08. The largest absolute Gasteiger partial charge is 0.395 e. The second kappa shape index (κ2) is 8.94. The summed E-state index contributed by atoms with van der Waals surface area (Å²) in [5, 5.41) is 22.8. The van der Waals surface area contributed by atoms with Crippen LogP contribution in [0.2, 0.25) is 5.02 Å². The number of aliphatic hydroxyl groups is 1. The summed E-state index contributed by atoms with van der Waals surface area (Å²) in [5.41, 5.74) is 3.80. The summed E-state index contributed by atoms with van der Waals surface area (Å²) in [5.74, 6) is 0. The van der Waals surface area contributed by atoms with E-state index in [-0.39, 0.29) is 12.6 Å². The molecule has 0 bridgehead atoms. The standard InChI is InChI=1S/C20H23ClN4O/c1-2-18(14-26)22-12-19-20(16-8-4-3-5-9-16)24-25(23-19)13-15-7-6-10-17(21)11-15/h3-11,18,22,26H,2,12-14H2,1H3/t18-/m1/s1. The third-order valence-electron chi connectivity index (χ3n) is 4.26. The highest BCUT2D eigenvalue weighted by Crippen LogP contribution is 2.21. The van der Waals surface area contributed by atoms with Gasteiger partial charge in [0.2, 0.25) is 0 Å². The lowest BCUT2D eigenvalue weighted by molar-refractivity contribution is 0.238. The van der Waals surface area contributed by atoms with Crippen LogP contribution in [0.4, 0.5) is 0 Å². The molecule has 1 heterocycles. The molecule has 5 nitrogen and oxygen atoms in total. The van der Waals surface area contributed by atoms with E-state index in [1.807, 2.05) is 61.5 Å². The Morgan fingerprint density at radius 2 is 1.92 bits per heavy atom. The van der Waals surface area contributed by atoms with Gasteiger partial charge in [0, 0.05) is 23.2 Å². The monoisotopic (exact) mass is 370 g/mol. The third kappa shape index (κ3) is 4.69. The molecule has 1 aromatic heterocycles. The minimum atomic E-state index is 0.0525. The van der Waals surface area contributed by atoms with E-state index in [0.717, 1.165) is 28.9 Å². The SMILES string of the molecule is CC[C@H](CO)NCc1nn(Cc2cccc(Cl)c2)nc1-c1ccccc1. The lowest BCUT2D eigenvalue weighted by atomic mass is 10.1. The third-order valence-corrected chi connectivity index (χ3v) is 4.49. The average Bonchev–Trinajstić information content (AvgIpc) is 3.06. The van der Waals surface area contributed by atoms with Gasteiger partial charge in [-0.25, -0.2) is 0 Å². The van der Waals surface area contributed by atoms with Crippen LogP contribution in [0.3, 0.4) is 0 Å². The quantitative estimate of drug-likeness (QED) is 0.637. The zero-order valence-corrected chi connectivity index (χ0v) is 15.5. The van der Waals surface area contributed by atoms with Gasteiger partial charge in [0.15, 0.2) is 0 Å². The van der Waals surface area contributed by atoms with E-state index in [9.17, 15) is 5.11 Å². The van der Waals surface area contributed by atoms with Crippen LogP contribution >= 0.6 is 11.6 Å². The maximum absolute atomic E-state index is 9.40. The highest BCUT2D eigenvalue weighted by molar-refractivity contribution is 6.30. The molecule has 0 fully saturated rings. The Hall–Kier alpha value is -2.21. The molecule has 0 aliphatic heterocycles. The van der Waals surface area contributed by atoms with Gasteiger partial charge in [-0.15, -0.1) is 0 Å². The molecular weight excluding hydrogens is 348 g/mol. The van der Waals surface area contributed by atoms with Crippen molar-refractivity contribution >= 4 is 11.6 Å². The minimum Gasteiger partial charge on any atom is -0.395 e. The van der Waals surface area contributed by atoms with E-state index in [1.54, 1.807) is 4.80 Å². The van der Waals surface area contributed by atoms with E-state index >= 15 is 0 Å². The van der Waals surface area contributed by atoms with Crippen molar-refractivity contribution in [3.05, 3.63) is 70.9 Å². The molecule has 6 heteroatoms. The molecule has 0 unspecified atom stereocenters. The molecule has 2 N–H and O–H groups in total. The van der Waals surface area contributed by atoms with Crippen LogP contribution in [0.15, 0.2) is 54.6 Å². The molecular formula is C20H23ClN4O. The van der Waals surface area contributed by atoms with E-state index in [2.05, 4.69) is 10.4 Å². The minimum absolute atomic E-state index is 0.0525. The first-order valence-electron chi connectivity index (χ1n) is 8.77. The molecule has 0 saturated heterocycles. The molecule has 26 heavy (non-hydrogen) atoms. The molecule has 1 atom stereocenters. The first-order valence-corrected chi connectivity index (χ1v) is 9.15. The fraction of sp³-hybridized carbons (Fsp3) is 0.300. The van der Waals surface area contributed by atoms with Crippen LogP contribution in [0.5, 0.6) is 0 Å². The highest BCUT2D eigenvalue weighted by Gasteiger charge is 2.15. The van der Waals surface area contributed by atoms with Gasteiger partial charge in [-0.3, -0.25) is 0 Å². The van der Waals surface area contributed by atoms with Gasteiger partial charge >= 0.3 is 0 Å². The fourth-order valence-corrected chi connectivity index (χ4v) is 2.98. The lowest BCUT2D eigenvalue weighted by Crippen LogP contribution is -2.31. The lowest BCUT2D eigenvalue weighted by Gasteiger charge is -2.12. The number of hydrogen-bond donors (Lipinski definition) is 2. The first kappa shape index (κ1) is 18.6. The molecule has 0 aliphatic carbocycles. The summed E-state index contributed by atoms with van der Waals surface area (Å²) in [6, 6.07) is 17.8. The summed E-state index contributed by atoms with van der Waals surface area (Å²) < 4.78 is 0. The van der Waals surface area contributed by atoms with Crippen molar-refractivity contribution < 1.29 is 5.11 Å². The molecule has 136 valence electrons. The van der Waals surface area contributed by atoms with Crippen LogP contribution in [-0.4, -0.2) is 32.7 Å². The summed E-state index contributed by atoms with van der Waals surface area (Å²) in [6.45, 7) is 3.26. The second-order valence-electron chi connectivity index (χ2n) is 6.19. The van der Waals surface area contributed by atoms with Crippen LogP contribution in [0.1, 0.15) is 24.6 Å². The van der Waals surface area contributed by atoms with Crippen molar-refractivity contribution in [1.29, 1.82) is 0 Å². The Balaban J connectivity index is 1.87. The number of hydrogen-bond acceptors (Lipinski definition) is 4. The maximum atomic E-state index is 9.40. The Kier molecular flexibility index (Phi) is 6.39. The zero-order chi connectivity index (χ0) is 18.4. The van der Waals surface area contributed by atoms with Crippen molar-refractivity contribution in [2.75, 3.05) is 6.61 Å². The number of nitrogens with zero attached hydrogens (tertiary/aromatic N) is 3. The molecule has 3 aromatic rings. The van der Waals surface area contributed by atoms with E-state index in [1.165, 1.54) is 0 Å². The molecule has 2 aromatic carbocycles. The molecule has 0 radical (unpaired) electrons. The van der Waals surface area contributed by atoms with E-state index < -0.39 is 0 Å². The van der Waals surface area contributed by atoms with Crippen LogP contribution < -0.4 is 5.32 Å². The van der Waals surface area contributed by atoms with Crippen molar-refractivity contribution in [1.82, 2.24) is 20.3 Å². The number of aromatic nitrogens is 3. The van der Waals surface area contributed by atoms with Gasteiger partial charge in [-0.05, 0) is 24.1 Å². The number of rotatable bonds is 8. The van der Waals surface area contributed by atoms with Gasteiger partial charge in [-0.2, -0.15) is 15.0 Å². The van der Waals surface area contributed by atoms with Gasteiger partial charge in [-0.1, -0.05) is 61.0 Å². The molecule has 0 saturated carbocycles. The number of benzene rings is 2. The molecule has 0 spiro atoms. The highest BCUT2D eigenvalue weighted by atomic mass is 35.5. The van der Waals surface area contributed by atoms with Gasteiger partial charge < -0.3 is 10.4 Å². The Bertz CT molecular complexity index is 831. The fourth-order valence-electron chi connectivity index (χ4n) is 2.77. The summed E-state index contributed by atoms with van der Waals surface area (Å²) in [4.78, 5) is 1.70.